The molecule has 2 saturated carbocycles. The Kier molecular flexibility index (Phi) is 4.08. The highest BCUT2D eigenvalue weighted by Crippen LogP contribution is 2.49. The normalized spacial score (nSPS) is 30.2. The van der Waals surface area contributed by atoms with Gasteiger partial charge < -0.3 is 11.1 Å². The molecule has 2 rings (SSSR count). The van der Waals surface area contributed by atoms with Gasteiger partial charge in [-0.3, -0.25) is 4.79 Å². The molecular weight excluding hydrogens is 212 g/mol. The van der Waals surface area contributed by atoms with Crippen molar-refractivity contribution in [2.75, 3.05) is 13.1 Å². The minimum absolute atomic E-state index is 0.192. The van der Waals surface area contributed by atoms with Crippen molar-refractivity contribution >= 4 is 5.91 Å². The summed E-state index contributed by atoms with van der Waals surface area (Å²) in [5.74, 6) is 0.883. The van der Waals surface area contributed by atoms with Gasteiger partial charge in [0.2, 0.25) is 5.91 Å². The van der Waals surface area contributed by atoms with E-state index in [0.29, 0.717) is 17.9 Å². The van der Waals surface area contributed by atoms with Crippen LogP contribution in [0.2, 0.25) is 0 Å². The molecule has 0 radical (unpaired) electrons. The second kappa shape index (κ2) is 5.38. The van der Waals surface area contributed by atoms with E-state index in [9.17, 15) is 4.79 Å². The van der Waals surface area contributed by atoms with Crippen LogP contribution in [-0.2, 0) is 4.79 Å². The molecule has 0 aromatic heterocycles. The number of nitrogens with one attached hydrogen (secondary N) is 1. The van der Waals surface area contributed by atoms with Crippen LogP contribution in [0.4, 0.5) is 0 Å². The topological polar surface area (TPSA) is 55.1 Å². The molecule has 2 atom stereocenters. The lowest BCUT2D eigenvalue weighted by atomic mass is 9.94. The molecule has 0 unspecified atom stereocenters. The lowest BCUT2D eigenvalue weighted by Crippen LogP contribution is -2.38. The first-order valence-electron chi connectivity index (χ1n) is 7.18. The molecule has 0 aromatic rings. The predicted octanol–water partition coefficient (Wildman–Crippen LogP) is 2.06. The molecule has 2 aliphatic rings. The van der Waals surface area contributed by atoms with Gasteiger partial charge in [0.15, 0.2) is 0 Å². The largest absolute Gasteiger partial charge is 0.355 e. The first-order valence-corrected chi connectivity index (χ1v) is 7.18. The van der Waals surface area contributed by atoms with E-state index in [4.69, 9.17) is 5.73 Å². The van der Waals surface area contributed by atoms with E-state index in [0.717, 1.165) is 19.4 Å². The summed E-state index contributed by atoms with van der Waals surface area (Å²) in [5.41, 5.74) is 6.18. The van der Waals surface area contributed by atoms with Gasteiger partial charge in [-0.1, -0.05) is 19.8 Å². The zero-order valence-electron chi connectivity index (χ0n) is 11.0. The lowest BCUT2D eigenvalue weighted by molar-refractivity contribution is -0.126. The Morgan fingerprint density at radius 3 is 2.76 bits per heavy atom. The van der Waals surface area contributed by atoms with Crippen molar-refractivity contribution in [3.05, 3.63) is 0 Å². The summed E-state index contributed by atoms with van der Waals surface area (Å²) in [6.07, 6.45) is 8.42. The molecule has 1 amide bonds. The molecule has 0 saturated heterocycles. The van der Waals surface area contributed by atoms with Crippen molar-refractivity contribution in [3.8, 4) is 0 Å². The van der Waals surface area contributed by atoms with Gasteiger partial charge in [0.05, 0.1) is 0 Å². The lowest BCUT2D eigenvalue weighted by Gasteiger charge is -2.20. The number of carbonyl (C=O) groups is 1. The van der Waals surface area contributed by atoms with Crippen LogP contribution in [-0.4, -0.2) is 19.0 Å². The van der Waals surface area contributed by atoms with Crippen molar-refractivity contribution in [1.82, 2.24) is 5.32 Å². The van der Waals surface area contributed by atoms with E-state index in [-0.39, 0.29) is 11.8 Å². The van der Waals surface area contributed by atoms with E-state index >= 15 is 0 Å². The Morgan fingerprint density at radius 1 is 1.41 bits per heavy atom. The molecule has 2 fully saturated rings. The summed E-state index contributed by atoms with van der Waals surface area (Å²) < 4.78 is 0. The molecule has 0 aromatic carbocycles. The van der Waals surface area contributed by atoms with Gasteiger partial charge in [-0.25, -0.2) is 0 Å². The van der Waals surface area contributed by atoms with Crippen LogP contribution < -0.4 is 11.1 Å². The molecule has 3 nitrogen and oxygen atoms in total. The fourth-order valence-electron chi connectivity index (χ4n) is 3.29. The highest BCUT2D eigenvalue weighted by atomic mass is 16.1. The second-order valence-electron chi connectivity index (χ2n) is 6.00. The standard InChI is InChI=1S/C14H26N2O/c1-2-6-14(7-8-14)10-16-13(17)12-5-3-4-11(12)9-15/h11-12H,2-10,15H2,1H3,(H,16,17)/t11-,12-/m1/s1. The van der Waals surface area contributed by atoms with Crippen molar-refractivity contribution in [2.45, 2.75) is 51.9 Å². The minimum atomic E-state index is 0.192. The summed E-state index contributed by atoms with van der Waals surface area (Å²) in [4.78, 5) is 12.1. The van der Waals surface area contributed by atoms with Gasteiger partial charge in [0.25, 0.3) is 0 Å². The molecule has 0 spiro atoms. The number of rotatable bonds is 6. The van der Waals surface area contributed by atoms with Gasteiger partial charge in [-0.05, 0) is 50.0 Å². The Labute approximate surface area is 105 Å². The quantitative estimate of drug-likeness (QED) is 0.744. The van der Waals surface area contributed by atoms with Gasteiger partial charge in [-0.15, -0.1) is 0 Å². The van der Waals surface area contributed by atoms with Crippen molar-refractivity contribution in [3.63, 3.8) is 0 Å². The van der Waals surface area contributed by atoms with Crippen LogP contribution >= 0.6 is 0 Å². The number of amides is 1. The highest BCUT2D eigenvalue weighted by molar-refractivity contribution is 5.79. The van der Waals surface area contributed by atoms with E-state index < -0.39 is 0 Å². The number of carbonyl (C=O) groups excluding carboxylic acids is 1. The minimum Gasteiger partial charge on any atom is -0.355 e. The first-order chi connectivity index (χ1) is 8.21. The SMILES string of the molecule is CCCC1(CNC(=O)[C@@H]2CCC[C@@H]2CN)CC1. The number of hydrogen-bond acceptors (Lipinski definition) is 2. The zero-order chi connectivity index (χ0) is 12.3. The van der Waals surface area contributed by atoms with Gasteiger partial charge in [0, 0.05) is 12.5 Å². The van der Waals surface area contributed by atoms with E-state index in [2.05, 4.69) is 12.2 Å². The third-order valence-corrected chi connectivity index (χ3v) is 4.67. The Balaban J connectivity index is 1.77. The molecule has 0 bridgehead atoms. The van der Waals surface area contributed by atoms with Crippen molar-refractivity contribution < 1.29 is 4.79 Å². The third-order valence-electron chi connectivity index (χ3n) is 4.67. The van der Waals surface area contributed by atoms with Crippen LogP contribution in [0.15, 0.2) is 0 Å². The maximum Gasteiger partial charge on any atom is 0.223 e. The van der Waals surface area contributed by atoms with Crippen LogP contribution in [0.1, 0.15) is 51.9 Å². The Hall–Kier alpha value is -0.570. The molecule has 3 N–H and O–H groups in total. The van der Waals surface area contributed by atoms with Crippen molar-refractivity contribution in [1.29, 1.82) is 0 Å². The van der Waals surface area contributed by atoms with Crippen molar-refractivity contribution in [2.24, 2.45) is 23.0 Å². The number of nitrogens with two attached hydrogens (primary N) is 1. The predicted molar refractivity (Wildman–Crippen MR) is 69.5 cm³/mol. The van der Waals surface area contributed by atoms with Crippen LogP contribution in [0.5, 0.6) is 0 Å². The first kappa shape index (κ1) is 12.9. The molecule has 0 heterocycles. The fraction of sp³-hybridized carbons (Fsp3) is 0.929. The molecule has 3 heteroatoms. The third kappa shape index (κ3) is 3.01. The molecular formula is C14H26N2O. The molecule has 98 valence electrons. The van der Waals surface area contributed by atoms with Crippen LogP contribution in [0, 0.1) is 17.3 Å². The second-order valence-corrected chi connectivity index (χ2v) is 6.00. The van der Waals surface area contributed by atoms with E-state index in [1.54, 1.807) is 0 Å². The Morgan fingerprint density at radius 2 is 2.18 bits per heavy atom. The fourth-order valence-corrected chi connectivity index (χ4v) is 3.29. The maximum atomic E-state index is 12.1. The average molecular weight is 238 g/mol. The van der Waals surface area contributed by atoms with E-state index in [1.165, 1.54) is 32.1 Å². The number of hydrogen-bond donors (Lipinski definition) is 2. The van der Waals surface area contributed by atoms with Crippen LogP contribution in [0.25, 0.3) is 0 Å². The van der Waals surface area contributed by atoms with Crippen LogP contribution in [0.3, 0.4) is 0 Å². The smallest absolute Gasteiger partial charge is 0.223 e. The Bertz CT molecular complexity index is 273. The summed E-state index contributed by atoms with van der Waals surface area (Å²) in [6.45, 7) is 3.79. The monoisotopic (exact) mass is 238 g/mol. The molecule has 2 aliphatic carbocycles. The van der Waals surface area contributed by atoms with Gasteiger partial charge in [0.1, 0.15) is 0 Å². The highest BCUT2D eigenvalue weighted by Gasteiger charge is 2.42. The average Bonchev–Trinajstić information content (AvgIpc) is 2.93. The summed E-state index contributed by atoms with van der Waals surface area (Å²) in [7, 11) is 0. The summed E-state index contributed by atoms with van der Waals surface area (Å²) in [6, 6.07) is 0. The van der Waals surface area contributed by atoms with Gasteiger partial charge >= 0.3 is 0 Å². The molecule has 0 aliphatic heterocycles. The maximum absolute atomic E-state index is 12.1. The summed E-state index contributed by atoms with van der Waals surface area (Å²) >= 11 is 0. The zero-order valence-corrected chi connectivity index (χ0v) is 11.0. The van der Waals surface area contributed by atoms with E-state index in [1.807, 2.05) is 0 Å². The van der Waals surface area contributed by atoms with Gasteiger partial charge in [-0.2, -0.15) is 0 Å². The summed E-state index contributed by atoms with van der Waals surface area (Å²) in [5, 5.41) is 3.18. The molecule has 17 heavy (non-hydrogen) atoms.